The summed E-state index contributed by atoms with van der Waals surface area (Å²) >= 11 is 0. The molecule has 33 heavy (non-hydrogen) atoms. The molecule has 0 radical (unpaired) electrons. The summed E-state index contributed by atoms with van der Waals surface area (Å²) < 4.78 is 48.5. The van der Waals surface area contributed by atoms with Crippen LogP contribution in [0.4, 0.5) is 24.7 Å². The van der Waals surface area contributed by atoms with E-state index in [2.05, 4.69) is 25.4 Å². The highest BCUT2D eigenvalue weighted by atomic mass is 19.3. The number of pyridine rings is 1. The van der Waals surface area contributed by atoms with E-state index >= 15 is 0 Å². The van der Waals surface area contributed by atoms with Crippen LogP contribution in [0.2, 0.25) is 0 Å². The molecule has 3 aromatic rings. The average Bonchev–Trinajstić information content (AvgIpc) is 2.81. The lowest BCUT2D eigenvalue weighted by atomic mass is 9.90. The number of alkyl halides is 2. The van der Waals surface area contributed by atoms with Crippen molar-refractivity contribution in [3.8, 4) is 0 Å². The number of anilines is 2. The van der Waals surface area contributed by atoms with Gasteiger partial charge in [0.05, 0.1) is 60.0 Å². The fourth-order valence-corrected chi connectivity index (χ4v) is 4.69. The molecule has 2 unspecified atom stereocenters. The smallest absolute Gasteiger partial charge is 0.298 e. The Morgan fingerprint density at radius 2 is 2.03 bits per heavy atom. The van der Waals surface area contributed by atoms with Gasteiger partial charge in [0.25, 0.3) is 5.92 Å². The van der Waals surface area contributed by atoms with Gasteiger partial charge >= 0.3 is 0 Å². The molecule has 2 fully saturated rings. The number of rotatable bonds is 6. The second kappa shape index (κ2) is 8.11. The van der Waals surface area contributed by atoms with Gasteiger partial charge in [-0.1, -0.05) is 12.1 Å². The maximum atomic E-state index is 14.9. The number of fused-ring (bicyclic) bond motifs is 3. The van der Waals surface area contributed by atoms with Crippen LogP contribution in [-0.4, -0.2) is 52.2 Å². The number of nitrogens with zero attached hydrogens (tertiary/aromatic N) is 4. The molecule has 2 N–H and O–H groups in total. The Morgan fingerprint density at radius 3 is 2.73 bits per heavy atom. The van der Waals surface area contributed by atoms with Crippen LogP contribution in [0.25, 0.3) is 10.9 Å². The standard InChI is InChI=1S/C23H24F3N5O2/c1-12(17-4-3-5-19(20(17)24)23(25,26)11-32)28-22-18-7-14(8-27-21(18)13(2)29-30-22)31-15-6-16(31)10-33-9-15/h3-5,7-8,12,15-16,32H,6,9-11H2,1-2H3,(H,28,30)/t12-,15?,16?/m1/s1. The average molecular weight is 459 g/mol. The van der Waals surface area contributed by atoms with Crippen molar-refractivity contribution >= 4 is 22.4 Å². The van der Waals surface area contributed by atoms with Gasteiger partial charge in [-0.2, -0.15) is 13.9 Å². The van der Waals surface area contributed by atoms with Crippen LogP contribution >= 0.6 is 0 Å². The number of hydrogen-bond acceptors (Lipinski definition) is 7. The van der Waals surface area contributed by atoms with E-state index in [1.165, 1.54) is 12.1 Å². The molecule has 2 aliphatic rings. The Labute approximate surface area is 188 Å². The normalized spacial score (nSPS) is 21.1. The number of morpholine rings is 1. The van der Waals surface area contributed by atoms with E-state index in [1.807, 2.05) is 19.2 Å². The Morgan fingerprint density at radius 1 is 1.27 bits per heavy atom. The molecule has 174 valence electrons. The largest absolute Gasteiger partial charge is 0.390 e. The Hall–Kier alpha value is -2.98. The Kier molecular flexibility index (Phi) is 5.37. The maximum absolute atomic E-state index is 14.9. The minimum absolute atomic E-state index is 0.0367. The topological polar surface area (TPSA) is 83.4 Å². The number of halogens is 3. The molecule has 2 bridgehead atoms. The van der Waals surface area contributed by atoms with Gasteiger partial charge in [-0.15, -0.1) is 5.10 Å². The third-order valence-corrected chi connectivity index (χ3v) is 6.46. The lowest BCUT2D eigenvalue weighted by molar-refractivity contribution is -0.0583. The molecule has 5 rings (SSSR count). The zero-order chi connectivity index (χ0) is 23.3. The van der Waals surface area contributed by atoms with Gasteiger partial charge in [0.1, 0.15) is 12.4 Å². The van der Waals surface area contributed by atoms with Crippen molar-refractivity contribution in [2.45, 2.75) is 44.3 Å². The second-order valence-electron chi connectivity index (χ2n) is 8.65. The monoisotopic (exact) mass is 459 g/mol. The van der Waals surface area contributed by atoms with Gasteiger partial charge in [0, 0.05) is 10.9 Å². The highest BCUT2D eigenvalue weighted by molar-refractivity contribution is 5.92. The van der Waals surface area contributed by atoms with E-state index in [0.717, 1.165) is 23.6 Å². The Balaban J connectivity index is 1.50. The van der Waals surface area contributed by atoms with Crippen LogP contribution in [0.1, 0.15) is 36.2 Å². The number of hydrogen-bond donors (Lipinski definition) is 2. The number of benzene rings is 1. The van der Waals surface area contributed by atoms with Gasteiger partial charge < -0.3 is 20.1 Å². The second-order valence-corrected chi connectivity index (χ2v) is 8.65. The summed E-state index contributed by atoms with van der Waals surface area (Å²) in [6.07, 6.45) is 2.90. The Bertz CT molecular complexity index is 1190. The van der Waals surface area contributed by atoms with Crippen molar-refractivity contribution in [2.75, 3.05) is 30.0 Å². The van der Waals surface area contributed by atoms with E-state index in [-0.39, 0.29) is 5.56 Å². The van der Waals surface area contributed by atoms with E-state index in [0.29, 0.717) is 42.3 Å². The molecule has 2 aromatic heterocycles. The molecule has 1 aromatic carbocycles. The summed E-state index contributed by atoms with van der Waals surface area (Å²) in [5.74, 6) is -4.35. The van der Waals surface area contributed by atoms with Gasteiger partial charge in [0.2, 0.25) is 0 Å². The fourth-order valence-electron chi connectivity index (χ4n) is 4.69. The first-order chi connectivity index (χ1) is 15.8. The van der Waals surface area contributed by atoms with Crippen LogP contribution in [0.15, 0.2) is 30.5 Å². The molecular weight excluding hydrogens is 435 g/mol. The number of nitrogens with one attached hydrogen (secondary N) is 1. The summed E-state index contributed by atoms with van der Waals surface area (Å²) in [7, 11) is 0. The lowest BCUT2D eigenvalue weighted by Gasteiger charge is -2.53. The summed E-state index contributed by atoms with van der Waals surface area (Å²) in [6, 6.07) is 5.68. The number of aromatic nitrogens is 3. The summed E-state index contributed by atoms with van der Waals surface area (Å²) in [6.45, 7) is 3.35. The van der Waals surface area contributed by atoms with Gasteiger partial charge in [-0.3, -0.25) is 4.98 Å². The van der Waals surface area contributed by atoms with Gasteiger partial charge in [-0.25, -0.2) is 4.39 Å². The minimum atomic E-state index is -3.67. The van der Waals surface area contributed by atoms with Crippen molar-refractivity contribution in [1.29, 1.82) is 0 Å². The highest BCUT2D eigenvalue weighted by Crippen LogP contribution is 2.38. The molecule has 2 aliphatic heterocycles. The predicted octanol–water partition coefficient (Wildman–Crippen LogP) is 3.71. The molecule has 2 saturated heterocycles. The lowest BCUT2D eigenvalue weighted by Crippen LogP contribution is -2.64. The van der Waals surface area contributed by atoms with Crippen LogP contribution in [-0.2, 0) is 10.7 Å². The van der Waals surface area contributed by atoms with Crippen LogP contribution in [0, 0.1) is 12.7 Å². The minimum Gasteiger partial charge on any atom is -0.390 e. The van der Waals surface area contributed by atoms with Crippen LogP contribution < -0.4 is 10.2 Å². The first-order valence-corrected chi connectivity index (χ1v) is 10.8. The third-order valence-electron chi connectivity index (χ3n) is 6.46. The molecule has 0 aliphatic carbocycles. The van der Waals surface area contributed by atoms with Crippen molar-refractivity contribution in [3.63, 3.8) is 0 Å². The summed E-state index contributed by atoms with van der Waals surface area (Å²) in [5, 5.41) is 21.2. The zero-order valence-electron chi connectivity index (χ0n) is 18.2. The van der Waals surface area contributed by atoms with E-state index < -0.39 is 30.0 Å². The predicted molar refractivity (Wildman–Crippen MR) is 117 cm³/mol. The molecule has 7 nitrogen and oxygen atoms in total. The molecule has 0 amide bonds. The molecular formula is C23H24F3N5O2. The van der Waals surface area contributed by atoms with Crippen LogP contribution in [0.5, 0.6) is 0 Å². The maximum Gasteiger partial charge on any atom is 0.298 e. The number of aryl methyl sites for hydroxylation is 1. The van der Waals surface area contributed by atoms with Crippen molar-refractivity contribution in [1.82, 2.24) is 15.2 Å². The van der Waals surface area contributed by atoms with Crippen LogP contribution in [0.3, 0.4) is 0 Å². The van der Waals surface area contributed by atoms with Crippen molar-refractivity contribution < 1.29 is 23.0 Å². The number of aliphatic hydroxyl groups is 1. The first kappa shape index (κ1) is 21.8. The van der Waals surface area contributed by atoms with Crippen molar-refractivity contribution in [2.24, 2.45) is 0 Å². The number of aliphatic hydroxyl groups excluding tert-OH is 1. The molecule has 0 saturated carbocycles. The zero-order valence-corrected chi connectivity index (χ0v) is 18.2. The molecule has 4 heterocycles. The van der Waals surface area contributed by atoms with E-state index in [9.17, 15) is 13.2 Å². The van der Waals surface area contributed by atoms with E-state index in [1.54, 1.807) is 6.92 Å². The SMILES string of the molecule is Cc1nnc(N[C@H](C)c2cccc(C(F)(F)CO)c2F)c2cc(N3C4COCC3C4)cnc12. The highest BCUT2D eigenvalue weighted by Gasteiger charge is 2.42. The summed E-state index contributed by atoms with van der Waals surface area (Å²) in [5.41, 5.74) is 1.45. The first-order valence-electron chi connectivity index (χ1n) is 10.8. The molecule has 10 heteroatoms. The third kappa shape index (κ3) is 3.67. The fraction of sp³-hybridized carbons (Fsp3) is 0.435. The van der Waals surface area contributed by atoms with Gasteiger partial charge in [-0.05, 0) is 32.4 Å². The molecule has 3 atom stereocenters. The van der Waals surface area contributed by atoms with Gasteiger partial charge in [0.15, 0.2) is 5.82 Å². The quantitative estimate of drug-likeness (QED) is 0.582. The molecule has 0 spiro atoms. The number of ether oxygens (including phenoxy) is 1. The van der Waals surface area contributed by atoms with Crippen molar-refractivity contribution in [3.05, 3.63) is 53.1 Å². The summed E-state index contributed by atoms with van der Waals surface area (Å²) in [4.78, 5) is 6.89. The van der Waals surface area contributed by atoms with E-state index in [4.69, 9.17) is 9.84 Å².